The zero-order valence-electron chi connectivity index (χ0n) is 30.5. The van der Waals surface area contributed by atoms with E-state index in [9.17, 15) is 0 Å². The van der Waals surface area contributed by atoms with Crippen LogP contribution in [0.3, 0.4) is 0 Å². The molecule has 1 fully saturated rings. The lowest BCUT2D eigenvalue weighted by atomic mass is 10.3. The van der Waals surface area contributed by atoms with E-state index in [1.54, 1.807) is 0 Å². The summed E-state index contributed by atoms with van der Waals surface area (Å²) in [4.78, 5) is 0. The largest absolute Gasteiger partial charge is 0.674 e. The van der Waals surface area contributed by atoms with Gasteiger partial charge >= 0.3 is 35.9 Å². The number of rotatable bonds is 23. The summed E-state index contributed by atoms with van der Waals surface area (Å²) in [6.45, 7) is 29.9. The Morgan fingerprint density at radius 2 is 0.727 bits per heavy atom. The summed E-state index contributed by atoms with van der Waals surface area (Å²) in [6, 6.07) is 0. The molecule has 44 heavy (non-hydrogen) atoms. The van der Waals surface area contributed by atoms with Crippen molar-refractivity contribution in [1.29, 1.82) is 0 Å². The van der Waals surface area contributed by atoms with Gasteiger partial charge in [-0.1, -0.05) is 48.5 Å². The fourth-order valence-electron chi connectivity index (χ4n) is 3.69. The Kier molecular flexibility index (Phi) is 18.7. The molecule has 1 heterocycles. The molecule has 0 aromatic carbocycles. The van der Waals surface area contributed by atoms with E-state index in [1.807, 2.05) is 103 Å². The van der Waals surface area contributed by atoms with Gasteiger partial charge in [0.2, 0.25) is 0 Å². The molecule has 0 N–H and O–H groups in total. The Bertz CT molecular complexity index is 759. The van der Waals surface area contributed by atoms with E-state index in [2.05, 4.69) is 0 Å². The van der Waals surface area contributed by atoms with Gasteiger partial charge < -0.3 is 47.4 Å². The van der Waals surface area contributed by atoms with E-state index in [4.69, 9.17) is 47.4 Å². The summed E-state index contributed by atoms with van der Waals surface area (Å²) in [5.41, 5.74) is 0. The van der Waals surface area contributed by atoms with Gasteiger partial charge in [0.1, 0.15) is 0 Å². The van der Waals surface area contributed by atoms with Gasteiger partial charge in [0, 0.05) is 49.3 Å². The molecule has 0 aliphatic carbocycles. The molecule has 1 aliphatic heterocycles. The fraction of sp³-hybridized carbons (Fsp3) is 1.00. The maximum absolute atomic E-state index is 7.05. The SMILES string of the molecule is CCC(C)O[Si]1(C)O[Si](OC(C)CC)(OC(C)CC)O[Si](OC(C)CC)(O[Si](OC(C)CC)(OC(C)CC)OC(C)CC)O1. The summed E-state index contributed by atoms with van der Waals surface area (Å²) >= 11 is 0. The third-order valence-electron chi connectivity index (χ3n) is 7.63. The van der Waals surface area contributed by atoms with Crippen molar-refractivity contribution in [3.63, 3.8) is 0 Å². The molecule has 1 aliphatic rings. The Balaban J connectivity index is 4.05. The monoisotopic (exact) mass is 702 g/mol. The normalized spacial score (nSPS) is 30.6. The van der Waals surface area contributed by atoms with Crippen LogP contribution in [0.25, 0.3) is 0 Å². The molecule has 0 spiro atoms. The van der Waals surface area contributed by atoms with Crippen LogP contribution in [0.15, 0.2) is 0 Å². The van der Waals surface area contributed by atoms with E-state index >= 15 is 0 Å². The second kappa shape index (κ2) is 19.4. The smallest absolute Gasteiger partial charge is 0.372 e. The molecular weight excluding hydrogens is 637 g/mol. The summed E-state index contributed by atoms with van der Waals surface area (Å²) in [6.07, 6.45) is 3.29. The lowest BCUT2D eigenvalue weighted by molar-refractivity contribution is -0.124. The van der Waals surface area contributed by atoms with Crippen LogP contribution in [0.5, 0.6) is 0 Å². The molecule has 1 saturated heterocycles. The van der Waals surface area contributed by atoms with Gasteiger partial charge in [-0.3, -0.25) is 0 Å². The number of hydrogen-bond acceptors (Lipinski definition) is 11. The average molecular weight is 703 g/mol. The van der Waals surface area contributed by atoms with E-state index < -0.39 is 35.9 Å². The minimum Gasteiger partial charge on any atom is -0.372 e. The molecule has 11 nitrogen and oxygen atoms in total. The van der Waals surface area contributed by atoms with Gasteiger partial charge in [0.15, 0.2) is 0 Å². The first-order valence-electron chi connectivity index (χ1n) is 17.1. The molecule has 264 valence electrons. The van der Waals surface area contributed by atoms with Crippen molar-refractivity contribution in [3.8, 4) is 0 Å². The highest BCUT2D eigenvalue weighted by Crippen LogP contribution is 2.40. The predicted molar refractivity (Wildman–Crippen MR) is 179 cm³/mol. The van der Waals surface area contributed by atoms with Crippen molar-refractivity contribution >= 4 is 35.9 Å². The summed E-state index contributed by atoms with van der Waals surface area (Å²) in [5.74, 6) is 0. The fourth-order valence-corrected chi connectivity index (χ4v) is 19.9. The maximum Gasteiger partial charge on any atom is 0.674 e. The lowest BCUT2D eigenvalue weighted by Gasteiger charge is -2.50. The molecule has 0 aromatic heterocycles. The summed E-state index contributed by atoms with van der Waals surface area (Å²) < 4.78 is 74.0. The molecule has 9 atom stereocenters. The predicted octanol–water partition coefficient (Wildman–Crippen LogP) is 7.65. The third kappa shape index (κ3) is 13.5. The summed E-state index contributed by atoms with van der Waals surface area (Å²) in [5, 5.41) is 0. The van der Waals surface area contributed by atoms with Crippen LogP contribution >= 0.6 is 0 Å². The van der Waals surface area contributed by atoms with E-state index in [1.165, 1.54) is 0 Å². The van der Waals surface area contributed by atoms with Gasteiger partial charge in [-0.15, -0.1) is 0 Å². The van der Waals surface area contributed by atoms with Gasteiger partial charge in [0.05, 0.1) is 0 Å². The third-order valence-corrected chi connectivity index (χ3v) is 21.6. The number of hydrogen-bond donors (Lipinski definition) is 0. The van der Waals surface area contributed by atoms with Crippen LogP contribution in [0.1, 0.15) is 142 Å². The first kappa shape index (κ1) is 42.5. The van der Waals surface area contributed by atoms with E-state index in [0.717, 1.165) is 6.42 Å². The molecule has 1 rings (SSSR count). The Hall–Kier alpha value is 0.428. The van der Waals surface area contributed by atoms with Crippen LogP contribution in [0.4, 0.5) is 0 Å². The Morgan fingerprint density at radius 3 is 1.07 bits per heavy atom. The molecule has 0 saturated carbocycles. The minimum atomic E-state index is -4.34. The van der Waals surface area contributed by atoms with Crippen molar-refractivity contribution in [3.05, 3.63) is 0 Å². The van der Waals surface area contributed by atoms with Crippen LogP contribution in [-0.2, 0) is 47.4 Å². The minimum absolute atomic E-state index is 0.176. The second-order valence-electron chi connectivity index (χ2n) is 12.1. The Labute approximate surface area is 274 Å². The van der Waals surface area contributed by atoms with Crippen LogP contribution in [-0.4, -0.2) is 78.7 Å². The zero-order valence-corrected chi connectivity index (χ0v) is 34.5. The first-order valence-corrected chi connectivity index (χ1v) is 24.2. The van der Waals surface area contributed by atoms with Crippen molar-refractivity contribution < 1.29 is 47.4 Å². The van der Waals surface area contributed by atoms with Crippen molar-refractivity contribution in [2.75, 3.05) is 0 Å². The van der Waals surface area contributed by atoms with Crippen molar-refractivity contribution in [2.24, 2.45) is 0 Å². The van der Waals surface area contributed by atoms with Gasteiger partial charge in [-0.25, -0.2) is 0 Å². The topological polar surface area (TPSA) is 102 Å². The molecule has 15 heteroatoms. The quantitative estimate of drug-likeness (QED) is 0.0982. The van der Waals surface area contributed by atoms with Crippen LogP contribution in [0, 0.1) is 0 Å². The zero-order chi connectivity index (χ0) is 33.8. The molecule has 0 aromatic rings. The van der Waals surface area contributed by atoms with Crippen molar-refractivity contribution in [1.82, 2.24) is 0 Å². The van der Waals surface area contributed by atoms with Crippen LogP contribution < -0.4 is 0 Å². The van der Waals surface area contributed by atoms with Gasteiger partial charge in [-0.2, -0.15) is 0 Å². The first-order chi connectivity index (χ1) is 20.5. The Morgan fingerprint density at radius 1 is 0.432 bits per heavy atom. The highest BCUT2D eigenvalue weighted by atomic mass is 28.6. The maximum atomic E-state index is 7.05. The standard InChI is InChI=1S/C29H66O11Si4/c1-16-23(8)30-41(15)37-43(34-27(12)20-5,35-28(13)21-6)40-44(38-41,36-29(14)22-7)39-42(31-24(9)17-2,32-25(10)18-3)33-26(11)19-4/h23-29H,16-22H2,1-15H3. The average Bonchev–Trinajstić information content (AvgIpc) is 2.95. The van der Waals surface area contributed by atoms with Crippen LogP contribution in [0.2, 0.25) is 6.55 Å². The second-order valence-corrected chi connectivity index (χ2v) is 21.8. The van der Waals surface area contributed by atoms with E-state index in [0.29, 0.717) is 38.5 Å². The summed E-state index contributed by atoms with van der Waals surface area (Å²) in [7, 11) is -16.1. The molecule has 9 unspecified atom stereocenters. The molecule has 0 bridgehead atoms. The molecule has 0 amide bonds. The van der Waals surface area contributed by atoms with E-state index in [-0.39, 0.29) is 42.7 Å². The highest BCUT2D eigenvalue weighted by molar-refractivity contribution is 6.86. The molecule has 0 radical (unpaired) electrons. The molecular formula is C29H66O11Si4. The lowest BCUT2D eigenvalue weighted by Crippen LogP contribution is -2.78. The highest BCUT2D eigenvalue weighted by Gasteiger charge is 2.75. The van der Waals surface area contributed by atoms with Gasteiger partial charge in [0.25, 0.3) is 0 Å². The van der Waals surface area contributed by atoms with Gasteiger partial charge in [-0.05, 0) is 93.4 Å². The van der Waals surface area contributed by atoms with Crippen molar-refractivity contribution in [2.45, 2.75) is 191 Å².